The van der Waals surface area contributed by atoms with Crippen LogP contribution in [0.15, 0.2) is 53.4 Å². The summed E-state index contributed by atoms with van der Waals surface area (Å²) in [5.74, 6) is -0.548. The second-order valence-corrected chi connectivity index (χ2v) is 7.80. The van der Waals surface area contributed by atoms with Crippen LogP contribution in [0.3, 0.4) is 0 Å². The molecule has 0 spiro atoms. The van der Waals surface area contributed by atoms with E-state index < -0.39 is 22.0 Å². The van der Waals surface area contributed by atoms with Crippen LogP contribution in [-0.4, -0.2) is 26.9 Å². The van der Waals surface area contributed by atoms with Gasteiger partial charge < -0.3 is 5.32 Å². The Bertz CT molecular complexity index is 900. The summed E-state index contributed by atoms with van der Waals surface area (Å²) in [5, 5.41) is 3.03. The summed E-state index contributed by atoms with van der Waals surface area (Å²) in [7, 11) is -3.69. The minimum absolute atomic E-state index is 0.109. The Labute approximate surface area is 162 Å². The van der Waals surface area contributed by atoms with Gasteiger partial charge in [0.05, 0.1) is 4.90 Å². The molecule has 0 saturated heterocycles. The monoisotopic (exact) mass is 410 g/mol. The third kappa shape index (κ3) is 6.89. The summed E-state index contributed by atoms with van der Waals surface area (Å²) < 4.78 is 26.5. The molecule has 0 heterocycles. The molecule has 0 radical (unpaired) electrons. The number of nitrogens with one attached hydrogen (secondary N) is 4. The molecule has 0 fully saturated rings. The van der Waals surface area contributed by atoms with Gasteiger partial charge in [0.25, 0.3) is 0 Å². The van der Waals surface area contributed by atoms with Crippen molar-refractivity contribution in [1.82, 2.24) is 15.6 Å². The number of anilines is 1. The van der Waals surface area contributed by atoms with Crippen molar-refractivity contribution in [3.05, 3.63) is 59.1 Å². The maximum atomic E-state index is 12.1. The minimum atomic E-state index is -3.69. The topological polar surface area (TPSA) is 116 Å². The average Bonchev–Trinajstić information content (AvgIpc) is 2.62. The third-order valence-corrected chi connectivity index (χ3v) is 5.12. The van der Waals surface area contributed by atoms with Gasteiger partial charge >= 0.3 is 6.03 Å². The average molecular weight is 411 g/mol. The molecule has 2 aromatic rings. The molecular formula is C17H19ClN4O4S. The van der Waals surface area contributed by atoms with E-state index in [1.54, 1.807) is 36.4 Å². The van der Waals surface area contributed by atoms with Crippen molar-refractivity contribution in [1.29, 1.82) is 0 Å². The van der Waals surface area contributed by atoms with E-state index in [-0.39, 0.29) is 17.9 Å². The van der Waals surface area contributed by atoms with E-state index in [0.717, 1.165) is 5.56 Å². The van der Waals surface area contributed by atoms with Crippen LogP contribution < -0.4 is 20.9 Å². The Balaban J connectivity index is 1.72. The molecule has 4 N–H and O–H groups in total. The fraction of sp³-hybridized carbons (Fsp3) is 0.176. The number of hydrazine groups is 1. The largest absolute Gasteiger partial charge is 0.337 e. The van der Waals surface area contributed by atoms with E-state index in [2.05, 4.69) is 20.9 Å². The molecule has 0 saturated carbocycles. The number of urea groups is 1. The first kappa shape index (κ1) is 20.7. The summed E-state index contributed by atoms with van der Waals surface area (Å²) in [4.78, 5) is 23.5. The van der Waals surface area contributed by atoms with Crippen LogP contribution in [0.25, 0.3) is 0 Å². The Morgan fingerprint density at radius 1 is 0.963 bits per heavy atom. The lowest BCUT2D eigenvalue weighted by molar-refractivity contribution is -0.121. The van der Waals surface area contributed by atoms with Crippen molar-refractivity contribution in [3.63, 3.8) is 0 Å². The second-order valence-electron chi connectivity index (χ2n) is 5.60. The van der Waals surface area contributed by atoms with Crippen LogP contribution in [-0.2, 0) is 14.8 Å². The fourth-order valence-electron chi connectivity index (χ4n) is 1.98. The normalized spacial score (nSPS) is 10.9. The smallest absolute Gasteiger partial charge is 0.307 e. The van der Waals surface area contributed by atoms with Crippen molar-refractivity contribution in [2.75, 3.05) is 11.9 Å². The summed E-state index contributed by atoms with van der Waals surface area (Å²) in [5.41, 5.74) is 5.80. The molecule has 0 aliphatic rings. The van der Waals surface area contributed by atoms with Crippen molar-refractivity contribution in [2.24, 2.45) is 0 Å². The van der Waals surface area contributed by atoms with E-state index >= 15 is 0 Å². The molecular weight excluding hydrogens is 392 g/mol. The lowest BCUT2D eigenvalue weighted by atomic mass is 10.2. The number of hydrogen-bond donors (Lipinski definition) is 4. The van der Waals surface area contributed by atoms with Crippen LogP contribution in [0.4, 0.5) is 10.5 Å². The van der Waals surface area contributed by atoms with Gasteiger partial charge in [-0.3, -0.25) is 10.2 Å². The van der Waals surface area contributed by atoms with Crippen molar-refractivity contribution < 1.29 is 18.0 Å². The fourth-order valence-corrected chi connectivity index (χ4v) is 3.14. The Morgan fingerprint density at radius 2 is 1.59 bits per heavy atom. The molecule has 10 heteroatoms. The van der Waals surface area contributed by atoms with Gasteiger partial charge in [-0.1, -0.05) is 29.3 Å². The number of amides is 3. The van der Waals surface area contributed by atoms with Gasteiger partial charge in [0.2, 0.25) is 15.9 Å². The number of sulfonamides is 1. The zero-order valence-electron chi connectivity index (χ0n) is 14.5. The molecule has 0 bridgehead atoms. The molecule has 0 aromatic heterocycles. The predicted octanol–water partition coefficient (Wildman–Crippen LogP) is 2.17. The highest BCUT2D eigenvalue weighted by molar-refractivity contribution is 7.89. The molecule has 2 aromatic carbocycles. The summed E-state index contributed by atoms with van der Waals surface area (Å²) >= 11 is 5.74. The standard InChI is InChI=1S/C17H19ClN4O4S/c1-12-2-8-15(9-3-12)27(25,26)19-11-10-16(23)21-22-17(24)20-14-6-4-13(18)5-7-14/h2-9,19H,10-11H2,1H3,(H,21,23)(H2,20,22,24). The zero-order valence-corrected chi connectivity index (χ0v) is 16.0. The van der Waals surface area contributed by atoms with Gasteiger partial charge in [-0.15, -0.1) is 0 Å². The predicted molar refractivity (Wildman–Crippen MR) is 103 cm³/mol. The van der Waals surface area contributed by atoms with E-state index in [9.17, 15) is 18.0 Å². The maximum Gasteiger partial charge on any atom is 0.337 e. The second kappa shape index (κ2) is 9.36. The molecule has 0 atom stereocenters. The van der Waals surface area contributed by atoms with Gasteiger partial charge in [0, 0.05) is 23.7 Å². The maximum absolute atomic E-state index is 12.1. The molecule has 0 aliphatic heterocycles. The highest BCUT2D eigenvalue weighted by Gasteiger charge is 2.14. The summed E-state index contributed by atoms with van der Waals surface area (Å²) in [6, 6.07) is 12.1. The number of carbonyl (C=O) groups is 2. The lowest BCUT2D eigenvalue weighted by Gasteiger charge is -2.10. The number of aryl methyl sites for hydroxylation is 1. The van der Waals surface area contributed by atoms with Crippen molar-refractivity contribution in [2.45, 2.75) is 18.2 Å². The minimum Gasteiger partial charge on any atom is -0.307 e. The van der Waals surface area contributed by atoms with Gasteiger partial charge in [-0.25, -0.2) is 23.4 Å². The van der Waals surface area contributed by atoms with Crippen molar-refractivity contribution >= 4 is 39.2 Å². The summed E-state index contributed by atoms with van der Waals surface area (Å²) in [6.07, 6.45) is -0.147. The Morgan fingerprint density at radius 3 is 2.22 bits per heavy atom. The molecule has 3 amide bonds. The quantitative estimate of drug-likeness (QED) is 0.546. The van der Waals surface area contributed by atoms with Gasteiger partial charge in [-0.2, -0.15) is 0 Å². The van der Waals surface area contributed by atoms with Crippen LogP contribution in [0.1, 0.15) is 12.0 Å². The zero-order chi connectivity index (χ0) is 19.9. The van der Waals surface area contributed by atoms with E-state index in [0.29, 0.717) is 10.7 Å². The van der Waals surface area contributed by atoms with Crippen LogP contribution in [0, 0.1) is 6.92 Å². The first-order chi connectivity index (χ1) is 12.8. The van der Waals surface area contributed by atoms with Gasteiger partial charge in [0.1, 0.15) is 0 Å². The lowest BCUT2D eigenvalue weighted by Crippen LogP contribution is -2.44. The first-order valence-electron chi connectivity index (χ1n) is 7.94. The molecule has 0 unspecified atom stereocenters. The van der Waals surface area contributed by atoms with E-state index in [1.165, 1.54) is 12.1 Å². The number of halogens is 1. The number of benzene rings is 2. The molecule has 8 nitrogen and oxygen atoms in total. The first-order valence-corrected chi connectivity index (χ1v) is 9.80. The van der Waals surface area contributed by atoms with E-state index in [4.69, 9.17) is 11.6 Å². The molecule has 0 aliphatic carbocycles. The van der Waals surface area contributed by atoms with E-state index in [1.807, 2.05) is 6.92 Å². The Hall–Kier alpha value is -2.62. The van der Waals surface area contributed by atoms with Gasteiger partial charge in [0.15, 0.2) is 0 Å². The SMILES string of the molecule is Cc1ccc(S(=O)(=O)NCCC(=O)NNC(=O)Nc2ccc(Cl)cc2)cc1. The third-order valence-electron chi connectivity index (χ3n) is 3.39. The highest BCUT2D eigenvalue weighted by Crippen LogP contribution is 2.13. The highest BCUT2D eigenvalue weighted by atomic mass is 35.5. The van der Waals surface area contributed by atoms with Crippen LogP contribution >= 0.6 is 11.6 Å². The van der Waals surface area contributed by atoms with Crippen molar-refractivity contribution in [3.8, 4) is 0 Å². The van der Waals surface area contributed by atoms with Crippen LogP contribution in [0.2, 0.25) is 5.02 Å². The summed E-state index contributed by atoms with van der Waals surface area (Å²) in [6.45, 7) is 1.74. The molecule has 27 heavy (non-hydrogen) atoms. The number of rotatable bonds is 6. The number of carbonyl (C=O) groups excluding carboxylic acids is 2. The number of hydrogen-bond acceptors (Lipinski definition) is 4. The molecule has 144 valence electrons. The van der Waals surface area contributed by atoms with Gasteiger partial charge in [-0.05, 0) is 43.3 Å². The Kier molecular flexibility index (Phi) is 7.17. The molecule has 2 rings (SSSR count). The van der Waals surface area contributed by atoms with Crippen LogP contribution in [0.5, 0.6) is 0 Å².